The molecule has 0 bridgehead atoms. The van der Waals surface area contributed by atoms with Crippen molar-refractivity contribution in [1.82, 2.24) is 0 Å². The Morgan fingerprint density at radius 3 is 2.03 bits per heavy atom. The molecule has 29 heavy (non-hydrogen) atoms. The number of amides is 2. The summed E-state index contributed by atoms with van der Waals surface area (Å²) in [5.74, 6) is 0.0120. The molecule has 1 N–H and O–H groups in total. The SMILES string of the molecule is O=C(CC(c1ccccc1)c1ccccc1)Nc1ccccc1N1CCCC1=O. The van der Waals surface area contributed by atoms with Crippen LogP contribution in [0.15, 0.2) is 84.9 Å². The van der Waals surface area contributed by atoms with Gasteiger partial charge in [0.15, 0.2) is 0 Å². The summed E-state index contributed by atoms with van der Waals surface area (Å²) in [6, 6.07) is 27.7. The summed E-state index contributed by atoms with van der Waals surface area (Å²) in [5, 5.41) is 3.05. The van der Waals surface area contributed by atoms with Crippen molar-refractivity contribution in [3.05, 3.63) is 96.1 Å². The number of carbonyl (C=O) groups excluding carboxylic acids is 2. The minimum atomic E-state index is -0.0678. The second-order valence-corrected chi connectivity index (χ2v) is 7.29. The molecule has 1 fully saturated rings. The molecule has 1 aliphatic heterocycles. The maximum absolute atomic E-state index is 13.0. The maximum Gasteiger partial charge on any atom is 0.227 e. The van der Waals surface area contributed by atoms with Gasteiger partial charge in [0.2, 0.25) is 11.8 Å². The van der Waals surface area contributed by atoms with Crippen LogP contribution in [0.5, 0.6) is 0 Å². The van der Waals surface area contributed by atoms with E-state index in [9.17, 15) is 9.59 Å². The van der Waals surface area contributed by atoms with Crippen LogP contribution in [-0.4, -0.2) is 18.4 Å². The molecule has 0 saturated carbocycles. The largest absolute Gasteiger partial charge is 0.324 e. The molecule has 3 aromatic rings. The molecule has 1 heterocycles. The summed E-state index contributed by atoms with van der Waals surface area (Å²) in [7, 11) is 0. The molecule has 0 aliphatic carbocycles. The lowest BCUT2D eigenvalue weighted by molar-refractivity contribution is -0.117. The Labute approximate surface area is 171 Å². The quantitative estimate of drug-likeness (QED) is 0.652. The van der Waals surface area contributed by atoms with Crippen molar-refractivity contribution in [2.24, 2.45) is 0 Å². The molecular weight excluding hydrogens is 360 g/mol. The van der Waals surface area contributed by atoms with E-state index in [0.717, 1.165) is 23.2 Å². The fraction of sp³-hybridized carbons (Fsp3) is 0.200. The van der Waals surface area contributed by atoms with E-state index in [4.69, 9.17) is 0 Å². The third-order valence-corrected chi connectivity index (χ3v) is 5.34. The van der Waals surface area contributed by atoms with Crippen molar-refractivity contribution in [3.63, 3.8) is 0 Å². The molecular formula is C25H24N2O2. The molecule has 4 heteroatoms. The Bertz CT molecular complexity index is 946. The molecule has 2 amide bonds. The van der Waals surface area contributed by atoms with E-state index in [2.05, 4.69) is 29.6 Å². The third-order valence-electron chi connectivity index (χ3n) is 5.34. The Hall–Kier alpha value is -3.40. The molecule has 4 rings (SSSR count). The maximum atomic E-state index is 13.0. The highest BCUT2D eigenvalue weighted by Crippen LogP contribution is 2.31. The molecule has 1 aliphatic rings. The summed E-state index contributed by atoms with van der Waals surface area (Å²) in [4.78, 5) is 26.9. The smallest absolute Gasteiger partial charge is 0.227 e. The normalized spacial score (nSPS) is 13.7. The van der Waals surface area contributed by atoms with Gasteiger partial charge in [0.25, 0.3) is 0 Å². The van der Waals surface area contributed by atoms with E-state index in [1.165, 1.54) is 0 Å². The lowest BCUT2D eigenvalue weighted by Crippen LogP contribution is -2.26. The monoisotopic (exact) mass is 384 g/mol. The Morgan fingerprint density at radius 1 is 0.862 bits per heavy atom. The summed E-state index contributed by atoms with van der Waals surface area (Å²) >= 11 is 0. The van der Waals surface area contributed by atoms with Crippen molar-refractivity contribution in [1.29, 1.82) is 0 Å². The standard InChI is InChI=1S/C25H24N2O2/c28-24(26-22-14-7-8-15-23(22)27-17-9-16-25(27)29)18-21(19-10-3-1-4-11-19)20-12-5-2-6-13-20/h1-8,10-15,21H,9,16-18H2,(H,26,28). The third kappa shape index (κ3) is 4.37. The number of hydrogen-bond acceptors (Lipinski definition) is 2. The van der Waals surface area contributed by atoms with Gasteiger partial charge in [0.1, 0.15) is 0 Å². The lowest BCUT2D eigenvalue weighted by atomic mass is 9.88. The van der Waals surface area contributed by atoms with E-state index in [-0.39, 0.29) is 17.7 Å². The zero-order valence-corrected chi connectivity index (χ0v) is 16.3. The Balaban J connectivity index is 1.56. The minimum Gasteiger partial charge on any atom is -0.324 e. The summed E-state index contributed by atoms with van der Waals surface area (Å²) in [6.45, 7) is 0.697. The van der Waals surface area contributed by atoms with Gasteiger partial charge in [-0.1, -0.05) is 72.8 Å². The van der Waals surface area contributed by atoms with Crippen molar-refractivity contribution in [2.45, 2.75) is 25.2 Å². The van der Waals surface area contributed by atoms with Gasteiger partial charge in [0, 0.05) is 25.3 Å². The first-order valence-electron chi connectivity index (χ1n) is 10.0. The number of nitrogens with one attached hydrogen (secondary N) is 1. The first kappa shape index (κ1) is 18.9. The first-order chi connectivity index (χ1) is 14.2. The van der Waals surface area contributed by atoms with Crippen molar-refractivity contribution in [3.8, 4) is 0 Å². The number of rotatable bonds is 6. The number of anilines is 2. The highest BCUT2D eigenvalue weighted by molar-refractivity contribution is 6.02. The molecule has 0 atom stereocenters. The number of para-hydroxylation sites is 2. The van der Waals surface area contributed by atoms with E-state index in [0.29, 0.717) is 25.1 Å². The van der Waals surface area contributed by atoms with Crippen LogP contribution in [-0.2, 0) is 9.59 Å². The van der Waals surface area contributed by atoms with Gasteiger partial charge in [-0.15, -0.1) is 0 Å². The average Bonchev–Trinajstić information content (AvgIpc) is 3.19. The molecule has 4 nitrogen and oxygen atoms in total. The van der Waals surface area contributed by atoms with Crippen LogP contribution >= 0.6 is 0 Å². The molecule has 0 unspecified atom stereocenters. The second kappa shape index (κ2) is 8.74. The van der Waals surface area contributed by atoms with Crippen LogP contribution in [0.25, 0.3) is 0 Å². The van der Waals surface area contributed by atoms with Gasteiger partial charge >= 0.3 is 0 Å². The fourth-order valence-corrected chi connectivity index (χ4v) is 3.90. The van der Waals surface area contributed by atoms with E-state index >= 15 is 0 Å². The number of benzene rings is 3. The van der Waals surface area contributed by atoms with Crippen molar-refractivity contribution < 1.29 is 9.59 Å². The number of nitrogens with zero attached hydrogens (tertiary/aromatic N) is 1. The van der Waals surface area contributed by atoms with Gasteiger partial charge in [-0.25, -0.2) is 0 Å². The summed E-state index contributed by atoms with van der Waals surface area (Å²) in [5.41, 5.74) is 3.68. The zero-order valence-electron chi connectivity index (χ0n) is 16.3. The minimum absolute atomic E-state index is 0.0296. The van der Waals surface area contributed by atoms with Gasteiger partial charge in [-0.05, 0) is 29.7 Å². The van der Waals surface area contributed by atoms with Crippen LogP contribution < -0.4 is 10.2 Å². The predicted octanol–water partition coefficient (Wildman–Crippen LogP) is 4.97. The van der Waals surface area contributed by atoms with Crippen LogP contribution in [0.3, 0.4) is 0 Å². The highest BCUT2D eigenvalue weighted by Gasteiger charge is 2.25. The Morgan fingerprint density at radius 2 is 1.45 bits per heavy atom. The van der Waals surface area contributed by atoms with Crippen molar-refractivity contribution >= 4 is 23.2 Å². The van der Waals surface area contributed by atoms with E-state index < -0.39 is 0 Å². The van der Waals surface area contributed by atoms with Gasteiger partial charge in [-0.3, -0.25) is 9.59 Å². The van der Waals surface area contributed by atoms with E-state index in [1.807, 2.05) is 60.7 Å². The number of hydrogen-bond donors (Lipinski definition) is 1. The van der Waals surface area contributed by atoms with Gasteiger partial charge < -0.3 is 10.2 Å². The van der Waals surface area contributed by atoms with Crippen molar-refractivity contribution in [2.75, 3.05) is 16.8 Å². The molecule has 0 aromatic heterocycles. The second-order valence-electron chi connectivity index (χ2n) is 7.29. The van der Waals surface area contributed by atoms with Crippen LogP contribution in [0.2, 0.25) is 0 Å². The Kier molecular flexibility index (Phi) is 5.71. The molecule has 0 radical (unpaired) electrons. The summed E-state index contributed by atoms with van der Waals surface area (Å²) < 4.78 is 0. The zero-order chi connectivity index (χ0) is 20.1. The van der Waals surface area contributed by atoms with Crippen LogP contribution in [0, 0.1) is 0 Å². The van der Waals surface area contributed by atoms with Gasteiger partial charge in [-0.2, -0.15) is 0 Å². The molecule has 0 spiro atoms. The predicted molar refractivity (Wildman–Crippen MR) is 116 cm³/mol. The topological polar surface area (TPSA) is 49.4 Å². The highest BCUT2D eigenvalue weighted by atomic mass is 16.2. The number of carbonyl (C=O) groups is 2. The fourth-order valence-electron chi connectivity index (χ4n) is 3.90. The summed E-state index contributed by atoms with van der Waals surface area (Å²) in [6.07, 6.45) is 1.74. The molecule has 1 saturated heterocycles. The molecule has 146 valence electrons. The van der Waals surface area contributed by atoms with E-state index in [1.54, 1.807) is 4.90 Å². The van der Waals surface area contributed by atoms with Crippen LogP contribution in [0.4, 0.5) is 11.4 Å². The lowest BCUT2D eigenvalue weighted by Gasteiger charge is -2.21. The molecule has 3 aromatic carbocycles. The average molecular weight is 384 g/mol. The van der Waals surface area contributed by atoms with Gasteiger partial charge in [0.05, 0.1) is 11.4 Å². The van der Waals surface area contributed by atoms with Crippen LogP contribution in [0.1, 0.15) is 36.3 Å². The first-order valence-corrected chi connectivity index (χ1v) is 10.0.